The van der Waals surface area contributed by atoms with Crippen molar-refractivity contribution in [3.8, 4) is 0 Å². The van der Waals surface area contributed by atoms with Crippen molar-refractivity contribution in [1.82, 2.24) is 15.1 Å². The van der Waals surface area contributed by atoms with Gasteiger partial charge >= 0.3 is 13.2 Å². The van der Waals surface area contributed by atoms with Crippen molar-refractivity contribution in [3.05, 3.63) is 11.8 Å². The summed E-state index contributed by atoms with van der Waals surface area (Å²) in [5, 5.41) is 24.8. The van der Waals surface area contributed by atoms with E-state index in [2.05, 4.69) is 10.4 Å². The van der Waals surface area contributed by atoms with Crippen LogP contribution in [0.3, 0.4) is 0 Å². The molecule has 8 heteroatoms. The maximum Gasteiger partial charge on any atom is 0.508 e. The largest absolute Gasteiger partial charge is 0.508 e. The topological polar surface area (TPSA) is 96.6 Å². The number of nitrogens with zero attached hydrogens (tertiary/aromatic N) is 2. The van der Waals surface area contributed by atoms with Crippen molar-refractivity contribution in [2.75, 3.05) is 0 Å². The summed E-state index contributed by atoms with van der Waals surface area (Å²) in [4.78, 5) is 11.4. The van der Waals surface area contributed by atoms with Crippen molar-refractivity contribution < 1.29 is 19.6 Å². The summed E-state index contributed by atoms with van der Waals surface area (Å²) in [7, 11) is -0.0425. The first-order chi connectivity index (χ1) is 8.20. The van der Waals surface area contributed by atoms with Crippen LogP contribution in [0.1, 0.15) is 26.3 Å². The number of ether oxygens (including phenoxy) is 1. The lowest BCUT2D eigenvalue weighted by molar-refractivity contribution is 0.0523. The maximum absolute atomic E-state index is 11.4. The lowest BCUT2D eigenvalue weighted by Gasteiger charge is -2.19. The summed E-state index contributed by atoms with van der Waals surface area (Å²) in [5.74, 6) is 0. The molecule has 1 rings (SSSR count). The molecule has 1 aromatic rings. The molecule has 0 saturated heterocycles. The van der Waals surface area contributed by atoms with E-state index in [1.54, 1.807) is 27.8 Å². The van der Waals surface area contributed by atoms with Gasteiger partial charge in [0.2, 0.25) is 0 Å². The minimum Gasteiger partial charge on any atom is -0.444 e. The molecule has 0 saturated carbocycles. The summed E-state index contributed by atoms with van der Waals surface area (Å²) >= 11 is 0. The molecule has 0 aliphatic rings. The number of aryl methyl sites for hydroxylation is 1. The quantitative estimate of drug-likeness (QED) is 0.610. The van der Waals surface area contributed by atoms with Crippen LogP contribution >= 0.6 is 0 Å². The second kappa shape index (κ2) is 5.41. The van der Waals surface area contributed by atoms with Crippen molar-refractivity contribution in [2.24, 2.45) is 7.05 Å². The molecule has 0 spiro atoms. The van der Waals surface area contributed by atoms with Gasteiger partial charge in [0.15, 0.2) is 0 Å². The summed E-state index contributed by atoms with van der Waals surface area (Å²) in [5.41, 5.74) is 0.197. The number of carbonyl (C=O) groups excluding carboxylic acids is 1. The van der Waals surface area contributed by atoms with Gasteiger partial charge < -0.3 is 20.1 Å². The van der Waals surface area contributed by atoms with E-state index in [0.29, 0.717) is 5.56 Å². The Morgan fingerprint density at radius 3 is 2.67 bits per heavy atom. The van der Waals surface area contributed by atoms with Gasteiger partial charge in [-0.1, -0.05) is 0 Å². The number of alkyl carbamates (subject to hydrolysis) is 1. The molecule has 100 valence electrons. The first kappa shape index (κ1) is 14.5. The molecule has 0 unspecified atom stereocenters. The Labute approximate surface area is 106 Å². The van der Waals surface area contributed by atoms with Crippen molar-refractivity contribution in [2.45, 2.75) is 32.9 Å². The molecular formula is C10H18BN3O4. The first-order valence-corrected chi connectivity index (χ1v) is 5.54. The number of hydrogen-bond acceptors (Lipinski definition) is 5. The smallest absolute Gasteiger partial charge is 0.444 e. The van der Waals surface area contributed by atoms with Gasteiger partial charge in [-0.2, -0.15) is 5.10 Å². The monoisotopic (exact) mass is 255 g/mol. The average molecular weight is 255 g/mol. The van der Waals surface area contributed by atoms with Crippen LogP contribution in [0.5, 0.6) is 0 Å². The molecule has 1 heterocycles. The Morgan fingerprint density at radius 2 is 2.17 bits per heavy atom. The number of rotatable bonds is 3. The van der Waals surface area contributed by atoms with Crippen molar-refractivity contribution in [3.63, 3.8) is 0 Å². The molecule has 0 radical (unpaired) electrons. The summed E-state index contributed by atoms with van der Waals surface area (Å²) in [6.45, 7) is 5.41. The number of aromatic nitrogens is 2. The van der Waals surface area contributed by atoms with Crippen LogP contribution in [-0.4, -0.2) is 38.6 Å². The maximum atomic E-state index is 11.4. The number of hydrogen-bond donors (Lipinski definition) is 3. The molecular weight excluding hydrogens is 237 g/mol. The van der Waals surface area contributed by atoms with Gasteiger partial charge in [-0.25, -0.2) is 4.79 Å². The van der Waals surface area contributed by atoms with E-state index in [1.807, 2.05) is 0 Å². The van der Waals surface area contributed by atoms with Crippen LogP contribution < -0.4 is 10.9 Å². The Bertz CT molecular complexity index is 425. The van der Waals surface area contributed by atoms with E-state index in [-0.39, 0.29) is 12.1 Å². The second-order valence-electron chi connectivity index (χ2n) is 4.91. The lowest BCUT2D eigenvalue weighted by atomic mass is 9.83. The SMILES string of the molecule is Cn1ncc(CNC(=O)OC(C)(C)C)c1B(O)O. The lowest BCUT2D eigenvalue weighted by Crippen LogP contribution is -2.40. The summed E-state index contributed by atoms with van der Waals surface area (Å²) in [6, 6.07) is 0. The van der Waals surface area contributed by atoms with E-state index in [1.165, 1.54) is 10.9 Å². The van der Waals surface area contributed by atoms with E-state index in [9.17, 15) is 14.8 Å². The van der Waals surface area contributed by atoms with Crippen molar-refractivity contribution in [1.29, 1.82) is 0 Å². The zero-order valence-corrected chi connectivity index (χ0v) is 11.0. The van der Waals surface area contributed by atoms with E-state index >= 15 is 0 Å². The number of amides is 1. The van der Waals surface area contributed by atoms with Gasteiger partial charge in [0, 0.05) is 19.2 Å². The first-order valence-electron chi connectivity index (χ1n) is 5.54. The van der Waals surface area contributed by atoms with Crippen LogP contribution in [0, 0.1) is 0 Å². The van der Waals surface area contributed by atoms with E-state index in [4.69, 9.17) is 4.74 Å². The second-order valence-corrected chi connectivity index (χ2v) is 4.91. The van der Waals surface area contributed by atoms with Crippen LogP contribution in [0.2, 0.25) is 0 Å². The third-order valence-electron chi connectivity index (χ3n) is 2.13. The third kappa shape index (κ3) is 4.04. The van der Waals surface area contributed by atoms with Crippen LogP contribution in [0.4, 0.5) is 4.79 Å². The predicted molar refractivity (Wildman–Crippen MR) is 66.1 cm³/mol. The van der Waals surface area contributed by atoms with Gasteiger partial charge in [-0.05, 0) is 20.8 Å². The molecule has 0 bridgehead atoms. The highest BCUT2D eigenvalue weighted by Gasteiger charge is 2.22. The Kier molecular flexibility index (Phi) is 4.36. The molecule has 0 atom stereocenters. The fraction of sp³-hybridized carbons (Fsp3) is 0.600. The van der Waals surface area contributed by atoms with Crippen LogP contribution in [0.15, 0.2) is 6.20 Å². The molecule has 1 aromatic heterocycles. The average Bonchev–Trinajstić information content (AvgIpc) is 2.54. The normalized spacial score (nSPS) is 11.2. The predicted octanol–water partition coefficient (Wildman–Crippen LogP) is -0.875. The highest BCUT2D eigenvalue weighted by Crippen LogP contribution is 2.06. The zero-order chi connectivity index (χ0) is 13.9. The van der Waals surface area contributed by atoms with Gasteiger partial charge in [-0.3, -0.25) is 4.68 Å². The molecule has 1 amide bonds. The van der Waals surface area contributed by atoms with Crippen molar-refractivity contribution >= 4 is 18.8 Å². The van der Waals surface area contributed by atoms with Gasteiger partial charge in [0.05, 0.1) is 11.8 Å². The molecule has 7 nitrogen and oxygen atoms in total. The number of nitrogens with one attached hydrogen (secondary N) is 1. The molecule has 0 aromatic carbocycles. The van der Waals surface area contributed by atoms with E-state index in [0.717, 1.165) is 0 Å². The standard InChI is InChI=1S/C10H18BN3O4/c1-10(2,3)18-9(15)12-5-7-6-13-14(4)8(7)11(16)17/h6,16-17H,5H2,1-4H3,(H,12,15). The molecule has 0 aliphatic carbocycles. The number of carbonyl (C=O) groups is 1. The minimum absolute atomic E-state index is 0.121. The Hall–Kier alpha value is -1.54. The minimum atomic E-state index is -1.63. The molecule has 3 N–H and O–H groups in total. The zero-order valence-electron chi connectivity index (χ0n) is 11.0. The van der Waals surface area contributed by atoms with Gasteiger partial charge in [0.1, 0.15) is 5.60 Å². The highest BCUT2D eigenvalue weighted by atomic mass is 16.6. The highest BCUT2D eigenvalue weighted by molar-refractivity contribution is 6.58. The summed E-state index contributed by atoms with van der Waals surface area (Å²) < 4.78 is 6.41. The fourth-order valence-corrected chi connectivity index (χ4v) is 1.44. The summed E-state index contributed by atoms with van der Waals surface area (Å²) in [6.07, 6.45) is 0.899. The molecule has 0 fully saturated rings. The van der Waals surface area contributed by atoms with Crippen LogP contribution in [0.25, 0.3) is 0 Å². The van der Waals surface area contributed by atoms with Gasteiger partial charge in [-0.15, -0.1) is 0 Å². The molecule has 18 heavy (non-hydrogen) atoms. The van der Waals surface area contributed by atoms with Gasteiger partial charge in [0.25, 0.3) is 0 Å². The Balaban J connectivity index is 2.62. The van der Waals surface area contributed by atoms with Crippen LogP contribution in [-0.2, 0) is 18.3 Å². The fourth-order valence-electron chi connectivity index (χ4n) is 1.44. The third-order valence-corrected chi connectivity index (χ3v) is 2.13. The van der Waals surface area contributed by atoms with E-state index < -0.39 is 18.8 Å². The molecule has 0 aliphatic heterocycles. The Morgan fingerprint density at radius 1 is 1.56 bits per heavy atom.